The van der Waals surface area contributed by atoms with E-state index >= 15 is 0 Å². The lowest BCUT2D eigenvalue weighted by atomic mass is 10.1. The summed E-state index contributed by atoms with van der Waals surface area (Å²) in [6, 6.07) is 12.0. The van der Waals surface area contributed by atoms with E-state index in [0.717, 1.165) is 12.0 Å². The Morgan fingerprint density at radius 1 is 1.06 bits per heavy atom. The van der Waals surface area contributed by atoms with Gasteiger partial charge < -0.3 is 5.11 Å². The summed E-state index contributed by atoms with van der Waals surface area (Å²) in [6.45, 7) is 1.98. The molecule has 17 heavy (non-hydrogen) atoms. The minimum absolute atomic E-state index is 0.352. The fourth-order valence-corrected chi connectivity index (χ4v) is 2.34. The quantitative estimate of drug-likeness (QED) is 0.892. The molecule has 1 N–H and O–H groups in total. The number of rotatable bonds is 4. The first-order chi connectivity index (χ1) is 8.29. The fourth-order valence-electron chi connectivity index (χ4n) is 1.54. The third-order valence-electron chi connectivity index (χ3n) is 2.54. The monoisotopic (exact) mass is 245 g/mol. The van der Waals surface area contributed by atoms with E-state index in [0.29, 0.717) is 0 Å². The van der Waals surface area contributed by atoms with Gasteiger partial charge in [-0.25, -0.2) is 0 Å². The van der Waals surface area contributed by atoms with Crippen molar-refractivity contribution >= 4 is 11.8 Å². The number of hydrogen-bond acceptors (Lipinski definition) is 3. The Morgan fingerprint density at radius 2 is 1.65 bits per heavy atom. The molecule has 0 saturated heterocycles. The standard InChI is InChI=1S/C14H15NOS/c1-2-14(16)11-3-5-12(6-4-11)17-13-7-9-15-10-8-13/h3-10,14,16H,2H2,1H3. The molecule has 0 amide bonds. The molecule has 0 aliphatic rings. The molecule has 0 bridgehead atoms. The van der Waals surface area contributed by atoms with Gasteiger partial charge in [-0.2, -0.15) is 0 Å². The number of aromatic nitrogens is 1. The molecule has 3 heteroatoms. The Hall–Kier alpha value is -1.32. The molecule has 2 aromatic rings. The number of aliphatic hydroxyl groups is 1. The molecule has 1 heterocycles. The molecule has 1 atom stereocenters. The second-order valence-corrected chi connectivity index (χ2v) is 4.92. The van der Waals surface area contributed by atoms with Crippen molar-refractivity contribution in [3.05, 3.63) is 54.4 Å². The number of pyridine rings is 1. The van der Waals surface area contributed by atoms with Crippen molar-refractivity contribution in [3.63, 3.8) is 0 Å². The lowest BCUT2D eigenvalue weighted by molar-refractivity contribution is 0.173. The molecule has 0 spiro atoms. The van der Waals surface area contributed by atoms with Gasteiger partial charge in [-0.05, 0) is 36.2 Å². The van der Waals surface area contributed by atoms with Gasteiger partial charge in [0, 0.05) is 22.2 Å². The smallest absolute Gasteiger partial charge is 0.0787 e. The van der Waals surface area contributed by atoms with Crippen LogP contribution in [0.5, 0.6) is 0 Å². The van der Waals surface area contributed by atoms with Crippen LogP contribution in [0, 0.1) is 0 Å². The maximum absolute atomic E-state index is 9.69. The Balaban J connectivity index is 2.08. The molecule has 88 valence electrons. The van der Waals surface area contributed by atoms with Gasteiger partial charge >= 0.3 is 0 Å². The van der Waals surface area contributed by atoms with E-state index in [4.69, 9.17) is 0 Å². The summed E-state index contributed by atoms with van der Waals surface area (Å²) in [5, 5.41) is 9.69. The van der Waals surface area contributed by atoms with E-state index in [1.54, 1.807) is 24.2 Å². The largest absolute Gasteiger partial charge is 0.388 e. The molecule has 0 saturated carbocycles. The van der Waals surface area contributed by atoms with Crippen molar-refractivity contribution in [2.75, 3.05) is 0 Å². The van der Waals surface area contributed by atoms with Crippen molar-refractivity contribution in [1.29, 1.82) is 0 Å². The van der Waals surface area contributed by atoms with E-state index in [9.17, 15) is 5.11 Å². The highest BCUT2D eigenvalue weighted by atomic mass is 32.2. The van der Waals surface area contributed by atoms with Gasteiger partial charge in [0.2, 0.25) is 0 Å². The molecule has 0 radical (unpaired) electrons. The zero-order chi connectivity index (χ0) is 12.1. The van der Waals surface area contributed by atoms with Crippen LogP contribution in [-0.2, 0) is 0 Å². The SMILES string of the molecule is CCC(O)c1ccc(Sc2ccncc2)cc1. The summed E-state index contributed by atoms with van der Waals surface area (Å²) in [6.07, 6.45) is 3.97. The lowest BCUT2D eigenvalue weighted by Gasteiger charge is -2.08. The highest BCUT2D eigenvalue weighted by Gasteiger charge is 2.04. The van der Waals surface area contributed by atoms with Crippen molar-refractivity contribution < 1.29 is 5.11 Å². The van der Waals surface area contributed by atoms with Crippen LogP contribution in [0.4, 0.5) is 0 Å². The van der Waals surface area contributed by atoms with Crippen molar-refractivity contribution in [2.45, 2.75) is 29.2 Å². The Bertz CT molecular complexity index is 455. The number of aliphatic hydroxyl groups excluding tert-OH is 1. The lowest BCUT2D eigenvalue weighted by Crippen LogP contribution is -1.93. The first-order valence-electron chi connectivity index (χ1n) is 5.65. The third kappa shape index (κ3) is 3.32. The van der Waals surface area contributed by atoms with Crippen LogP contribution in [0.1, 0.15) is 25.0 Å². The molecule has 1 unspecified atom stereocenters. The summed E-state index contributed by atoms with van der Waals surface area (Å²) in [4.78, 5) is 6.33. The number of nitrogens with zero attached hydrogens (tertiary/aromatic N) is 1. The van der Waals surface area contributed by atoms with Gasteiger partial charge in [0.05, 0.1) is 6.10 Å². The normalized spacial score (nSPS) is 12.4. The van der Waals surface area contributed by atoms with Crippen molar-refractivity contribution in [1.82, 2.24) is 4.98 Å². The van der Waals surface area contributed by atoms with Crippen LogP contribution in [0.3, 0.4) is 0 Å². The molecule has 0 aliphatic heterocycles. The molecule has 0 fully saturated rings. The maximum Gasteiger partial charge on any atom is 0.0787 e. The zero-order valence-corrected chi connectivity index (χ0v) is 10.5. The highest BCUT2D eigenvalue weighted by Crippen LogP contribution is 2.28. The first-order valence-corrected chi connectivity index (χ1v) is 6.47. The molecule has 1 aromatic carbocycles. The summed E-state index contributed by atoms with van der Waals surface area (Å²) < 4.78 is 0. The predicted molar refractivity (Wildman–Crippen MR) is 70.1 cm³/mol. The summed E-state index contributed by atoms with van der Waals surface area (Å²) in [5.41, 5.74) is 0.978. The van der Waals surface area contributed by atoms with Crippen LogP contribution < -0.4 is 0 Å². The molecule has 2 nitrogen and oxygen atoms in total. The van der Waals surface area contributed by atoms with Gasteiger partial charge in [-0.1, -0.05) is 30.8 Å². The van der Waals surface area contributed by atoms with Crippen LogP contribution in [0.2, 0.25) is 0 Å². The summed E-state index contributed by atoms with van der Waals surface area (Å²) in [5.74, 6) is 0. The zero-order valence-electron chi connectivity index (χ0n) is 9.71. The fraction of sp³-hybridized carbons (Fsp3) is 0.214. The van der Waals surface area contributed by atoms with E-state index in [-0.39, 0.29) is 6.10 Å². The third-order valence-corrected chi connectivity index (χ3v) is 3.55. The van der Waals surface area contributed by atoms with E-state index in [1.165, 1.54) is 9.79 Å². The Morgan fingerprint density at radius 3 is 2.24 bits per heavy atom. The molecular weight excluding hydrogens is 230 g/mol. The average Bonchev–Trinajstić information content (AvgIpc) is 2.40. The second-order valence-electron chi connectivity index (χ2n) is 3.78. The highest BCUT2D eigenvalue weighted by molar-refractivity contribution is 7.99. The van der Waals surface area contributed by atoms with Crippen LogP contribution in [-0.4, -0.2) is 10.1 Å². The summed E-state index contributed by atoms with van der Waals surface area (Å²) in [7, 11) is 0. The van der Waals surface area contributed by atoms with Crippen LogP contribution in [0.25, 0.3) is 0 Å². The van der Waals surface area contributed by atoms with E-state index in [2.05, 4.69) is 4.98 Å². The molecule has 1 aromatic heterocycles. The van der Waals surface area contributed by atoms with Crippen molar-refractivity contribution in [3.8, 4) is 0 Å². The summed E-state index contributed by atoms with van der Waals surface area (Å²) >= 11 is 1.69. The minimum Gasteiger partial charge on any atom is -0.388 e. The van der Waals surface area contributed by atoms with Gasteiger partial charge in [-0.3, -0.25) is 4.98 Å². The Labute approximate surface area is 106 Å². The molecular formula is C14H15NOS. The van der Waals surface area contributed by atoms with E-state index < -0.39 is 0 Å². The van der Waals surface area contributed by atoms with E-state index in [1.807, 2.05) is 43.3 Å². The van der Waals surface area contributed by atoms with Crippen LogP contribution >= 0.6 is 11.8 Å². The first kappa shape index (κ1) is 12.1. The topological polar surface area (TPSA) is 33.1 Å². The molecule has 0 aliphatic carbocycles. The second kappa shape index (κ2) is 5.84. The van der Waals surface area contributed by atoms with Crippen LogP contribution in [0.15, 0.2) is 58.6 Å². The number of benzene rings is 1. The number of hydrogen-bond donors (Lipinski definition) is 1. The van der Waals surface area contributed by atoms with Gasteiger partial charge in [-0.15, -0.1) is 0 Å². The van der Waals surface area contributed by atoms with Gasteiger partial charge in [0.15, 0.2) is 0 Å². The van der Waals surface area contributed by atoms with Gasteiger partial charge in [0.25, 0.3) is 0 Å². The predicted octanol–water partition coefficient (Wildman–Crippen LogP) is 3.68. The molecule has 2 rings (SSSR count). The maximum atomic E-state index is 9.69. The Kier molecular flexibility index (Phi) is 4.18. The minimum atomic E-state index is -0.352. The van der Waals surface area contributed by atoms with Crippen molar-refractivity contribution in [2.24, 2.45) is 0 Å². The van der Waals surface area contributed by atoms with Gasteiger partial charge in [0.1, 0.15) is 0 Å². The average molecular weight is 245 g/mol.